The second-order valence-electron chi connectivity index (χ2n) is 10.6. The van der Waals surface area contributed by atoms with E-state index in [1.165, 1.54) is 24.8 Å². The maximum Gasteiger partial charge on any atom is 0.291 e. The molecule has 1 heterocycles. The standard InChI is InChI=1S/C28H42N2O3/c1-4-28(2,3)25(31)27(33)30-20-12-11-17-24(30)26(32)29-23(22-15-9-6-10-16-22)19-18-21-13-7-5-8-14-21/h5,7-8,13-14,22-24H,4,6,9-12,15-20H2,1-3H3,(H,29,32). The number of carbonyl (C=O) groups excluding carboxylic acids is 3. The van der Waals surface area contributed by atoms with Gasteiger partial charge in [-0.2, -0.15) is 0 Å². The highest BCUT2D eigenvalue weighted by molar-refractivity contribution is 6.38. The molecule has 0 spiro atoms. The minimum absolute atomic E-state index is 0.0752. The van der Waals surface area contributed by atoms with E-state index >= 15 is 0 Å². The fraction of sp³-hybridized carbons (Fsp3) is 0.679. The van der Waals surface area contributed by atoms with Crippen LogP contribution in [0.15, 0.2) is 30.3 Å². The van der Waals surface area contributed by atoms with Crippen molar-refractivity contribution in [3.8, 4) is 0 Å². The van der Waals surface area contributed by atoms with Gasteiger partial charge in [-0.3, -0.25) is 14.4 Å². The third-order valence-corrected chi connectivity index (χ3v) is 7.89. The molecule has 2 aliphatic rings. The lowest BCUT2D eigenvalue weighted by Crippen LogP contribution is -2.57. The molecule has 2 atom stereocenters. The Morgan fingerprint density at radius 1 is 1.00 bits per heavy atom. The number of ketones is 1. The Morgan fingerprint density at radius 3 is 2.33 bits per heavy atom. The van der Waals surface area contributed by atoms with Crippen LogP contribution >= 0.6 is 0 Å². The number of likely N-dealkylation sites (tertiary alicyclic amines) is 1. The lowest BCUT2D eigenvalue weighted by molar-refractivity contribution is -0.154. The summed E-state index contributed by atoms with van der Waals surface area (Å²) in [4.78, 5) is 41.0. The smallest absolute Gasteiger partial charge is 0.291 e. The summed E-state index contributed by atoms with van der Waals surface area (Å²) in [7, 11) is 0. The molecule has 2 amide bonds. The average molecular weight is 455 g/mol. The summed E-state index contributed by atoms with van der Waals surface area (Å²) < 4.78 is 0. The molecule has 5 heteroatoms. The fourth-order valence-corrected chi connectivity index (χ4v) is 5.24. The van der Waals surface area contributed by atoms with E-state index in [2.05, 4.69) is 29.6 Å². The van der Waals surface area contributed by atoms with Crippen LogP contribution in [0.25, 0.3) is 0 Å². The third kappa shape index (κ3) is 6.68. The van der Waals surface area contributed by atoms with Gasteiger partial charge in [-0.05, 0) is 62.8 Å². The summed E-state index contributed by atoms with van der Waals surface area (Å²) in [5.74, 6) is -0.452. The van der Waals surface area contributed by atoms with Gasteiger partial charge in [0.15, 0.2) is 0 Å². The number of nitrogens with one attached hydrogen (secondary N) is 1. The first-order chi connectivity index (χ1) is 15.8. The van der Waals surface area contributed by atoms with Crippen LogP contribution in [0.1, 0.15) is 90.5 Å². The minimum atomic E-state index is -0.699. The highest BCUT2D eigenvalue weighted by atomic mass is 16.2. The Labute approximate surface area is 199 Å². The molecule has 1 saturated carbocycles. The second-order valence-corrected chi connectivity index (χ2v) is 10.6. The average Bonchev–Trinajstić information content (AvgIpc) is 2.86. The molecule has 0 radical (unpaired) electrons. The molecule has 1 aliphatic heterocycles. The number of hydrogen-bond acceptors (Lipinski definition) is 3. The lowest BCUT2D eigenvalue weighted by atomic mass is 9.81. The molecule has 1 aromatic carbocycles. The van der Waals surface area contributed by atoms with Gasteiger partial charge in [0.05, 0.1) is 0 Å². The van der Waals surface area contributed by atoms with Crippen LogP contribution in [-0.2, 0) is 20.8 Å². The molecule has 1 saturated heterocycles. The largest absolute Gasteiger partial charge is 0.351 e. The first kappa shape index (κ1) is 25.5. The summed E-state index contributed by atoms with van der Waals surface area (Å²) in [6.07, 6.45) is 10.8. The number of rotatable bonds is 9. The molecule has 5 nitrogen and oxygen atoms in total. The van der Waals surface area contributed by atoms with E-state index in [-0.39, 0.29) is 17.7 Å². The summed E-state index contributed by atoms with van der Waals surface area (Å²) in [6, 6.07) is 10.0. The third-order valence-electron chi connectivity index (χ3n) is 7.89. The maximum absolute atomic E-state index is 13.5. The molecule has 0 bridgehead atoms. The lowest BCUT2D eigenvalue weighted by Gasteiger charge is -2.38. The molecule has 2 fully saturated rings. The monoisotopic (exact) mass is 454 g/mol. The van der Waals surface area contributed by atoms with Gasteiger partial charge in [0.1, 0.15) is 6.04 Å². The van der Waals surface area contributed by atoms with E-state index in [9.17, 15) is 14.4 Å². The summed E-state index contributed by atoms with van der Waals surface area (Å²) in [5, 5.41) is 3.36. The Bertz CT molecular complexity index is 799. The first-order valence-corrected chi connectivity index (χ1v) is 13.0. The zero-order valence-electron chi connectivity index (χ0n) is 20.8. The molecule has 33 heavy (non-hydrogen) atoms. The fourth-order valence-electron chi connectivity index (χ4n) is 5.24. The number of hydrogen-bond donors (Lipinski definition) is 1. The van der Waals surface area contributed by atoms with Crippen molar-refractivity contribution in [3.05, 3.63) is 35.9 Å². The molecule has 182 valence electrons. The number of benzene rings is 1. The van der Waals surface area contributed by atoms with Crippen molar-refractivity contribution >= 4 is 17.6 Å². The zero-order valence-corrected chi connectivity index (χ0v) is 20.8. The summed E-state index contributed by atoms with van der Waals surface area (Å²) >= 11 is 0. The Morgan fingerprint density at radius 2 is 1.67 bits per heavy atom. The van der Waals surface area contributed by atoms with Gasteiger partial charge >= 0.3 is 0 Å². The van der Waals surface area contributed by atoms with Crippen molar-refractivity contribution in [3.63, 3.8) is 0 Å². The Kier molecular flexibility index (Phi) is 9.10. The van der Waals surface area contributed by atoms with Gasteiger partial charge in [0.25, 0.3) is 5.91 Å². The zero-order chi connectivity index (χ0) is 23.8. The van der Waals surface area contributed by atoms with Crippen molar-refractivity contribution in [1.82, 2.24) is 10.2 Å². The van der Waals surface area contributed by atoms with Crippen LogP contribution in [0.4, 0.5) is 0 Å². The molecule has 2 unspecified atom stereocenters. The van der Waals surface area contributed by atoms with E-state index in [0.717, 1.165) is 38.5 Å². The normalized spacial score (nSPS) is 20.8. The Balaban J connectivity index is 1.71. The predicted octanol–water partition coefficient (Wildman–Crippen LogP) is 5.07. The van der Waals surface area contributed by atoms with E-state index in [1.54, 1.807) is 4.90 Å². The summed E-state index contributed by atoms with van der Waals surface area (Å²) in [6.45, 7) is 6.04. The van der Waals surface area contributed by atoms with Gasteiger partial charge in [0.2, 0.25) is 11.7 Å². The van der Waals surface area contributed by atoms with Crippen LogP contribution in [-0.4, -0.2) is 41.1 Å². The molecule has 1 aromatic rings. The van der Waals surface area contributed by atoms with E-state index < -0.39 is 17.4 Å². The van der Waals surface area contributed by atoms with Crippen molar-refractivity contribution < 1.29 is 14.4 Å². The van der Waals surface area contributed by atoms with Crippen LogP contribution in [0.5, 0.6) is 0 Å². The van der Waals surface area contributed by atoms with Crippen molar-refractivity contribution in [2.75, 3.05) is 6.54 Å². The molecule has 1 N–H and O–H groups in total. The van der Waals surface area contributed by atoms with E-state index in [4.69, 9.17) is 0 Å². The van der Waals surface area contributed by atoms with E-state index in [1.807, 2.05) is 26.8 Å². The second kappa shape index (κ2) is 11.8. The number of carbonyl (C=O) groups is 3. The van der Waals surface area contributed by atoms with Crippen molar-refractivity contribution in [2.45, 2.75) is 103 Å². The number of piperidine rings is 1. The van der Waals surface area contributed by atoms with Crippen molar-refractivity contribution in [2.24, 2.45) is 11.3 Å². The van der Waals surface area contributed by atoms with Crippen LogP contribution in [0, 0.1) is 11.3 Å². The molecular weight excluding hydrogens is 412 g/mol. The number of nitrogens with zero attached hydrogens (tertiary/aromatic N) is 1. The van der Waals surface area contributed by atoms with Gasteiger partial charge in [-0.1, -0.05) is 70.4 Å². The van der Waals surface area contributed by atoms with Gasteiger partial charge in [-0.15, -0.1) is 0 Å². The number of Topliss-reactive ketones (excluding diaryl/α,β-unsaturated/α-hetero) is 1. The van der Waals surface area contributed by atoms with Crippen molar-refractivity contribution in [1.29, 1.82) is 0 Å². The molecule has 3 rings (SSSR count). The van der Waals surface area contributed by atoms with Gasteiger partial charge in [-0.25, -0.2) is 0 Å². The summed E-state index contributed by atoms with van der Waals surface area (Å²) in [5.41, 5.74) is 0.588. The SMILES string of the molecule is CCC(C)(C)C(=O)C(=O)N1CCCCC1C(=O)NC(CCc1ccccc1)C1CCCCC1. The molecule has 0 aromatic heterocycles. The topological polar surface area (TPSA) is 66.5 Å². The molecular formula is C28H42N2O3. The van der Waals surface area contributed by atoms with Gasteiger partial charge in [0, 0.05) is 18.0 Å². The number of amides is 2. The minimum Gasteiger partial charge on any atom is -0.351 e. The highest BCUT2D eigenvalue weighted by Crippen LogP contribution is 2.30. The highest BCUT2D eigenvalue weighted by Gasteiger charge is 2.40. The van der Waals surface area contributed by atoms with Gasteiger partial charge < -0.3 is 10.2 Å². The quantitative estimate of drug-likeness (QED) is 0.530. The number of aryl methyl sites for hydroxylation is 1. The Hall–Kier alpha value is -2.17. The van der Waals surface area contributed by atoms with Crippen LogP contribution < -0.4 is 5.32 Å². The van der Waals surface area contributed by atoms with Crippen LogP contribution in [0.2, 0.25) is 0 Å². The maximum atomic E-state index is 13.5. The predicted molar refractivity (Wildman–Crippen MR) is 132 cm³/mol. The van der Waals surface area contributed by atoms with E-state index in [0.29, 0.717) is 25.3 Å². The molecule has 1 aliphatic carbocycles. The first-order valence-electron chi connectivity index (χ1n) is 13.0. The van der Waals surface area contributed by atoms with Crippen LogP contribution in [0.3, 0.4) is 0 Å².